The number of hydrogen-bond acceptors (Lipinski definition) is 6. The minimum atomic E-state index is -0.835. The Hall–Kier alpha value is -3.32. The number of aliphatic hydroxyl groups is 1. The molecule has 3 rings (SSSR count). The largest absolute Gasteiger partial charge is 0.507 e. The maximum Gasteiger partial charge on any atom is 0.308 e. The fraction of sp³-hybridized carbons (Fsp3) is 0.320. The first-order chi connectivity index (χ1) is 15.8. The summed E-state index contributed by atoms with van der Waals surface area (Å²) in [6.45, 7) is 5.78. The quantitative estimate of drug-likeness (QED) is 0.194. The summed E-state index contributed by atoms with van der Waals surface area (Å²) >= 11 is 6.16. The smallest absolute Gasteiger partial charge is 0.308 e. The van der Waals surface area contributed by atoms with Gasteiger partial charge in [-0.25, -0.2) is 0 Å². The maximum absolute atomic E-state index is 13.1. The molecule has 2 aromatic carbocycles. The molecule has 0 radical (unpaired) electrons. The number of esters is 1. The lowest BCUT2D eigenvalue weighted by molar-refractivity contribution is -0.139. The van der Waals surface area contributed by atoms with Gasteiger partial charge in [-0.05, 0) is 49.2 Å². The first kappa shape index (κ1) is 24.3. The van der Waals surface area contributed by atoms with Crippen LogP contribution in [-0.4, -0.2) is 40.8 Å². The van der Waals surface area contributed by atoms with Crippen molar-refractivity contribution < 1.29 is 29.0 Å². The van der Waals surface area contributed by atoms with Crippen LogP contribution in [0.5, 0.6) is 11.5 Å². The van der Waals surface area contributed by atoms with E-state index in [0.717, 1.165) is 6.42 Å². The molecule has 0 aliphatic carbocycles. The van der Waals surface area contributed by atoms with Crippen molar-refractivity contribution in [3.05, 3.63) is 64.2 Å². The molecule has 1 fully saturated rings. The van der Waals surface area contributed by atoms with Crippen LogP contribution in [0.4, 0.5) is 0 Å². The monoisotopic (exact) mass is 471 g/mol. The molecule has 1 N–H and O–H groups in total. The van der Waals surface area contributed by atoms with E-state index in [4.69, 9.17) is 21.1 Å². The molecule has 0 saturated carbocycles. The Kier molecular flexibility index (Phi) is 7.76. The van der Waals surface area contributed by atoms with Gasteiger partial charge >= 0.3 is 5.97 Å². The van der Waals surface area contributed by atoms with Gasteiger partial charge in [0.25, 0.3) is 11.7 Å². The fourth-order valence-corrected chi connectivity index (χ4v) is 3.94. The van der Waals surface area contributed by atoms with E-state index in [2.05, 4.69) is 0 Å². The van der Waals surface area contributed by atoms with Crippen molar-refractivity contribution in [3.8, 4) is 11.5 Å². The zero-order valence-electron chi connectivity index (χ0n) is 18.8. The maximum atomic E-state index is 13.1. The number of rotatable bonds is 8. The van der Waals surface area contributed by atoms with Crippen molar-refractivity contribution in [1.82, 2.24) is 4.90 Å². The molecule has 2 aromatic rings. The number of likely N-dealkylation sites (tertiary alicyclic amines) is 1. The molecule has 1 aliphatic rings. The van der Waals surface area contributed by atoms with Crippen molar-refractivity contribution in [3.63, 3.8) is 0 Å². The lowest BCUT2D eigenvalue weighted by atomic mass is 9.95. The van der Waals surface area contributed by atoms with Crippen LogP contribution in [0.2, 0.25) is 5.02 Å². The zero-order valence-corrected chi connectivity index (χ0v) is 19.5. The molecule has 0 aromatic heterocycles. The minimum absolute atomic E-state index is 0.0409. The third-order valence-corrected chi connectivity index (χ3v) is 5.54. The highest BCUT2D eigenvalue weighted by atomic mass is 35.5. The van der Waals surface area contributed by atoms with Gasteiger partial charge in [0.1, 0.15) is 17.3 Å². The van der Waals surface area contributed by atoms with E-state index in [-0.39, 0.29) is 17.1 Å². The Labute approximate surface area is 197 Å². The van der Waals surface area contributed by atoms with E-state index < -0.39 is 23.7 Å². The number of Topliss-reactive ketones (excluding diaryl/α,β-unsaturated/α-hetero) is 1. The van der Waals surface area contributed by atoms with Crippen LogP contribution in [0.1, 0.15) is 50.8 Å². The second-order valence-corrected chi connectivity index (χ2v) is 8.00. The molecule has 1 aliphatic heterocycles. The molecule has 33 heavy (non-hydrogen) atoms. The lowest BCUT2D eigenvalue weighted by Crippen LogP contribution is -2.30. The Morgan fingerprint density at radius 1 is 1.15 bits per heavy atom. The van der Waals surface area contributed by atoms with Crippen molar-refractivity contribution in [2.75, 3.05) is 13.2 Å². The highest BCUT2D eigenvalue weighted by molar-refractivity contribution is 6.46. The average molecular weight is 472 g/mol. The Morgan fingerprint density at radius 2 is 1.91 bits per heavy atom. The number of aliphatic hydroxyl groups excluding tert-OH is 1. The summed E-state index contributed by atoms with van der Waals surface area (Å²) < 4.78 is 10.7. The summed E-state index contributed by atoms with van der Waals surface area (Å²) in [7, 11) is 0. The zero-order chi connectivity index (χ0) is 24.1. The van der Waals surface area contributed by atoms with Gasteiger partial charge in [0.15, 0.2) is 0 Å². The summed E-state index contributed by atoms with van der Waals surface area (Å²) in [6, 6.07) is 10.4. The van der Waals surface area contributed by atoms with E-state index in [0.29, 0.717) is 41.5 Å². The standard InChI is InChI=1S/C25H26ClNO6/c1-4-6-12-27-22(16-8-7-9-18(13-16)33-15(3)28)21(24(30)25(27)31)23(29)17-10-11-19(26)20(14-17)32-5-2/h7-11,13-14,22,29H,4-6,12H2,1-3H3/b23-21-. The van der Waals surface area contributed by atoms with Gasteiger partial charge in [-0.1, -0.05) is 37.1 Å². The van der Waals surface area contributed by atoms with E-state index >= 15 is 0 Å². The Bertz CT molecular complexity index is 1110. The molecular weight excluding hydrogens is 446 g/mol. The second kappa shape index (κ2) is 10.5. The van der Waals surface area contributed by atoms with Gasteiger partial charge in [0.05, 0.1) is 23.2 Å². The predicted octanol–water partition coefficient (Wildman–Crippen LogP) is 4.89. The summed E-state index contributed by atoms with van der Waals surface area (Å²) in [5.74, 6) is -1.64. The van der Waals surface area contributed by atoms with E-state index in [9.17, 15) is 19.5 Å². The summed E-state index contributed by atoms with van der Waals surface area (Å²) in [4.78, 5) is 38.9. The highest BCUT2D eigenvalue weighted by Crippen LogP contribution is 2.41. The summed E-state index contributed by atoms with van der Waals surface area (Å²) in [5, 5.41) is 11.5. The van der Waals surface area contributed by atoms with E-state index in [1.807, 2.05) is 6.92 Å². The van der Waals surface area contributed by atoms with Crippen molar-refractivity contribution >= 4 is 35.0 Å². The number of carbonyl (C=O) groups excluding carboxylic acids is 3. The number of halogens is 1. The highest BCUT2D eigenvalue weighted by Gasteiger charge is 2.45. The third-order valence-electron chi connectivity index (χ3n) is 5.23. The van der Waals surface area contributed by atoms with Gasteiger partial charge < -0.3 is 19.5 Å². The molecule has 1 saturated heterocycles. The number of unbranched alkanes of at least 4 members (excludes halogenated alkanes) is 1. The number of nitrogens with zero attached hydrogens (tertiary/aromatic N) is 1. The van der Waals surface area contributed by atoms with Crippen molar-refractivity contribution in [1.29, 1.82) is 0 Å². The van der Waals surface area contributed by atoms with Crippen molar-refractivity contribution in [2.45, 2.75) is 39.7 Å². The molecule has 7 nitrogen and oxygen atoms in total. The molecule has 0 bridgehead atoms. The SMILES string of the molecule is CCCCN1C(=O)C(=O)/C(=C(\O)c2ccc(Cl)c(OCC)c2)C1c1cccc(OC(C)=O)c1. The molecule has 174 valence electrons. The van der Waals surface area contributed by atoms with Crippen LogP contribution in [0.3, 0.4) is 0 Å². The first-order valence-electron chi connectivity index (χ1n) is 10.8. The Balaban J connectivity index is 2.17. The van der Waals surface area contributed by atoms with Gasteiger partial charge in [-0.3, -0.25) is 14.4 Å². The lowest BCUT2D eigenvalue weighted by Gasteiger charge is -2.25. The van der Waals surface area contributed by atoms with Crippen LogP contribution in [0, 0.1) is 0 Å². The molecule has 1 amide bonds. The molecule has 1 unspecified atom stereocenters. The average Bonchev–Trinajstić information content (AvgIpc) is 3.03. The van der Waals surface area contributed by atoms with Crippen LogP contribution in [0.15, 0.2) is 48.0 Å². The van der Waals surface area contributed by atoms with Gasteiger partial charge in [-0.15, -0.1) is 0 Å². The first-order valence-corrected chi connectivity index (χ1v) is 11.2. The molecule has 0 spiro atoms. The summed E-state index contributed by atoms with van der Waals surface area (Å²) in [6.07, 6.45) is 1.50. The van der Waals surface area contributed by atoms with Crippen LogP contribution in [-0.2, 0) is 14.4 Å². The van der Waals surface area contributed by atoms with Crippen molar-refractivity contribution in [2.24, 2.45) is 0 Å². The van der Waals surface area contributed by atoms with Crippen LogP contribution < -0.4 is 9.47 Å². The number of carbonyl (C=O) groups is 3. The normalized spacial score (nSPS) is 17.3. The summed E-state index contributed by atoms with van der Waals surface area (Å²) in [5.41, 5.74) is 0.808. The van der Waals surface area contributed by atoms with Gasteiger partial charge in [-0.2, -0.15) is 0 Å². The number of ether oxygens (including phenoxy) is 2. The molecule has 1 atom stereocenters. The van der Waals surface area contributed by atoms with Crippen LogP contribution >= 0.6 is 11.6 Å². The minimum Gasteiger partial charge on any atom is -0.507 e. The van der Waals surface area contributed by atoms with E-state index in [1.54, 1.807) is 43.3 Å². The van der Waals surface area contributed by atoms with E-state index in [1.165, 1.54) is 17.9 Å². The fourth-order valence-electron chi connectivity index (χ4n) is 3.77. The number of ketones is 1. The van der Waals surface area contributed by atoms with Crippen LogP contribution in [0.25, 0.3) is 5.76 Å². The molecule has 1 heterocycles. The molecular formula is C25H26ClNO6. The molecule has 8 heteroatoms. The number of benzene rings is 2. The van der Waals surface area contributed by atoms with Gasteiger partial charge in [0.2, 0.25) is 0 Å². The van der Waals surface area contributed by atoms with Gasteiger partial charge in [0, 0.05) is 19.0 Å². The third kappa shape index (κ3) is 5.20. The Morgan fingerprint density at radius 3 is 2.58 bits per heavy atom. The second-order valence-electron chi connectivity index (χ2n) is 7.59. The number of hydrogen-bond donors (Lipinski definition) is 1. The predicted molar refractivity (Wildman–Crippen MR) is 124 cm³/mol. The topological polar surface area (TPSA) is 93.1 Å². The number of amides is 1.